The monoisotopic (exact) mass is 417 g/mol. The van der Waals surface area contributed by atoms with E-state index < -0.39 is 0 Å². The van der Waals surface area contributed by atoms with E-state index in [9.17, 15) is 0 Å². The Kier molecular flexibility index (Phi) is 9.40. The van der Waals surface area contributed by atoms with E-state index in [1.54, 1.807) is 4.68 Å². The number of piperidine rings is 1. The number of nitrogens with one attached hydrogen (secondary N) is 1. The highest BCUT2D eigenvalue weighted by Crippen LogP contribution is 2.17. The number of ether oxygens (including phenoxy) is 3. The van der Waals surface area contributed by atoms with Crippen molar-refractivity contribution >= 4 is 5.95 Å². The van der Waals surface area contributed by atoms with E-state index in [1.165, 1.54) is 37.9 Å². The summed E-state index contributed by atoms with van der Waals surface area (Å²) in [6.45, 7) is 8.01. The SMILES string of the molecule is CCOCOCc1nc(NCCCOc2cccc(CN3CCCCC3)c2)n(C)n1. The van der Waals surface area contributed by atoms with Gasteiger partial charge in [-0.3, -0.25) is 4.90 Å². The summed E-state index contributed by atoms with van der Waals surface area (Å²) in [5.41, 5.74) is 1.32. The summed E-state index contributed by atoms with van der Waals surface area (Å²) < 4.78 is 18.2. The van der Waals surface area contributed by atoms with E-state index in [2.05, 4.69) is 38.5 Å². The summed E-state index contributed by atoms with van der Waals surface area (Å²) in [7, 11) is 1.87. The summed E-state index contributed by atoms with van der Waals surface area (Å²) in [4.78, 5) is 6.98. The van der Waals surface area contributed by atoms with Crippen LogP contribution in [0.5, 0.6) is 5.75 Å². The second kappa shape index (κ2) is 12.5. The van der Waals surface area contributed by atoms with Gasteiger partial charge < -0.3 is 19.5 Å². The average molecular weight is 418 g/mol. The highest BCUT2D eigenvalue weighted by Gasteiger charge is 2.11. The quantitative estimate of drug-likeness (QED) is 0.396. The minimum Gasteiger partial charge on any atom is -0.494 e. The Balaban J connectivity index is 1.34. The molecule has 0 amide bonds. The molecule has 1 aliphatic rings. The molecule has 0 bridgehead atoms. The van der Waals surface area contributed by atoms with Crippen LogP contribution < -0.4 is 10.1 Å². The number of rotatable bonds is 13. The van der Waals surface area contributed by atoms with Gasteiger partial charge in [0.2, 0.25) is 5.95 Å². The maximum absolute atomic E-state index is 5.95. The van der Waals surface area contributed by atoms with Gasteiger partial charge >= 0.3 is 0 Å². The van der Waals surface area contributed by atoms with Crippen LogP contribution in [0.4, 0.5) is 5.95 Å². The van der Waals surface area contributed by atoms with Crippen molar-refractivity contribution in [2.75, 3.05) is 45.0 Å². The molecule has 1 aliphatic heterocycles. The van der Waals surface area contributed by atoms with Crippen molar-refractivity contribution in [1.82, 2.24) is 19.7 Å². The smallest absolute Gasteiger partial charge is 0.221 e. The molecule has 0 spiro atoms. The van der Waals surface area contributed by atoms with Gasteiger partial charge in [0.1, 0.15) is 19.1 Å². The van der Waals surface area contributed by atoms with E-state index in [0.717, 1.165) is 31.2 Å². The molecule has 1 fully saturated rings. The lowest BCUT2D eigenvalue weighted by Gasteiger charge is -2.26. The molecule has 0 radical (unpaired) electrons. The van der Waals surface area contributed by atoms with Gasteiger partial charge in [-0.25, -0.2) is 4.68 Å². The number of aryl methyl sites for hydroxylation is 1. The highest BCUT2D eigenvalue weighted by molar-refractivity contribution is 5.28. The Bertz CT molecular complexity index is 746. The van der Waals surface area contributed by atoms with Crippen LogP contribution >= 0.6 is 0 Å². The normalized spacial score (nSPS) is 14.7. The third-order valence-corrected chi connectivity index (χ3v) is 5.04. The Labute approximate surface area is 179 Å². The maximum Gasteiger partial charge on any atom is 0.221 e. The van der Waals surface area contributed by atoms with Gasteiger partial charge in [-0.05, 0) is 57.0 Å². The van der Waals surface area contributed by atoms with Crippen molar-refractivity contribution in [2.45, 2.75) is 45.8 Å². The van der Waals surface area contributed by atoms with Crippen molar-refractivity contribution in [3.8, 4) is 5.75 Å². The largest absolute Gasteiger partial charge is 0.494 e. The predicted molar refractivity (Wildman–Crippen MR) is 116 cm³/mol. The van der Waals surface area contributed by atoms with Crippen LogP contribution in [0, 0.1) is 0 Å². The lowest BCUT2D eigenvalue weighted by atomic mass is 10.1. The van der Waals surface area contributed by atoms with Gasteiger partial charge in [0.25, 0.3) is 0 Å². The Hall–Kier alpha value is -2.16. The van der Waals surface area contributed by atoms with E-state index >= 15 is 0 Å². The molecule has 1 saturated heterocycles. The van der Waals surface area contributed by atoms with Crippen LogP contribution in [0.1, 0.15) is 44.0 Å². The predicted octanol–water partition coefficient (Wildman–Crippen LogP) is 3.19. The van der Waals surface area contributed by atoms with Crippen molar-refractivity contribution in [2.24, 2.45) is 7.05 Å². The van der Waals surface area contributed by atoms with Crippen LogP contribution in [-0.4, -0.2) is 59.3 Å². The molecule has 30 heavy (non-hydrogen) atoms. The number of likely N-dealkylation sites (tertiary alicyclic amines) is 1. The number of anilines is 1. The second-order valence-electron chi connectivity index (χ2n) is 7.55. The molecule has 8 heteroatoms. The fourth-order valence-corrected chi connectivity index (χ4v) is 3.50. The molecule has 0 atom stereocenters. The molecule has 1 N–H and O–H groups in total. The number of hydrogen-bond acceptors (Lipinski definition) is 7. The fourth-order valence-electron chi connectivity index (χ4n) is 3.50. The molecule has 0 aliphatic carbocycles. The molecule has 1 aromatic heterocycles. The Morgan fingerprint density at radius 3 is 2.83 bits per heavy atom. The van der Waals surface area contributed by atoms with E-state index in [4.69, 9.17) is 14.2 Å². The summed E-state index contributed by atoms with van der Waals surface area (Å²) in [6.07, 6.45) is 4.87. The van der Waals surface area contributed by atoms with E-state index in [1.807, 2.05) is 20.0 Å². The molecule has 1 aromatic carbocycles. The van der Waals surface area contributed by atoms with Crippen molar-refractivity contribution in [3.63, 3.8) is 0 Å². The zero-order valence-corrected chi connectivity index (χ0v) is 18.3. The number of nitrogens with zero attached hydrogens (tertiary/aromatic N) is 4. The molecular weight excluding hydrogens is 382 g/mol. The lowest BCUT2D eigenvalue weighted by molar-refractivity contribution is -0.0590. The first-order chi connectivity index (χ1) is 14.7. The molecule has 2 aromatic rings. The highest BCUT2D eigenvalue weighted by atomic mass is 16.7. The van der Waals surface area contributed by atoms with Gasteiger partial charge in [-0.2, -0.15) is 10.1 Å². The van der Waals surface area contributed by atoms with Gasteiger partial charge in [-0.1, -0.05) is 18.6 Å². The number of aromatic nitrogens is 3. The Morgan fingerprint density at radius 2 is 2.00 bits per heavy atom. The molecule has 8 nitrogen and oxygen atoms in total. The molecule has 0 saturated carbocycles. The molecular formula is C22H35N5O3. The molecule has 0 unspecified atom stereocenters. The minimum absolute atomic E-state index is 0.258. The molecule has 166 valence electrons. The van der Waals surface area contributed by atoms with Crippen LogP contribution in [0.15, 0.2) is 24.3 Å². The van der Waals surface area contributed by atoms with Gasteiger partial charge in [0.05, 0.1) is 6.61 Å². The standard InChI is InChI=1S/C22H35N5O3/c1-3-28-18-29-17-21-24-22(26(2)25-21)23-11-8-14-30-20-10-7-9-19(15-20)16-27-12-5-4-6-13-27/h7,9-10,15H,3-6,8,11-14,16-18H2,1-2H3,(H,23,24,25). The summed E-state index contributed by atoms with van der Waals surface area (Å²) >= 11 is 0. The summed E-state index contributed by atoms with van der Waals surface area (Å²) in [5, 5.41) is 7.64. The fraction of sp³-hybridized carbons (Fsp3) is 0.636. The molecule has 3 rings (SSSR count). The first-order valence-corrected chi connectivity index (χ1v) is 11.0. The van der Waals surface area contributed by atoms with Crippen molar-refractivity contribution in [1.29, 1.82) is 0 Å². The first-order valence-electron chi connectivity index (χ1n) is 11.0. The van der Waals surface area contributed by atoms with E-state index in [-0.39, 0.29) is 6.79 Å². The number of hydrogen-bond donors (Lipinski definition) is 1. The van der Waals surface area contributed by atoms with Crippen LogP contribution in [0.3, 0.4) is 0 Å². The third-order valence-electron chi connectivity index (χ3n) is 5.04. The maximum atomic E-state index is 5.95. The average Bonchev–Trinajstić information content (AvgIpc) is 3.11. The first kappa shape index (κ1) is 22.5. The second-order valence-corrected chi connectivity index (χ2v) is 7.55. The summed E-state index contributed by atoms with van der Waals surface area (Å²) in [6, 6.07) is 8.47. The lowest BCUT2D eigenvalue weighted by Crippen LogP contribution is -2.29. The third kappa shape index (κ3) is 7.59. The van der Waals surface area contributed by atoms with Crippen molar-refractivity contribution in [3.05, 3.63) is 35.7 Å². The van der Waals surface area contributed by atoms with E-state index in [0.29, 0.717) is 25.6 Å². The minimum atomic E-state index is 0.258. The van der Waals surface area contributed by atoms with Crippen LogP contribution in [-0.2, 0) is 29.7 Å². The zero-order valence-electron chi connectivity index (χ0n) is 18.3. The Morgan fingerprint density at radius 1 is 1.13 bits per heavy atom. The van der Waals surface area contributed by atoms with Gasteiger partial charge in [0.15, 0.2) is 5.82 Å². The zero-order chi connectivity index (χ0) is 21.0. The van der Waals surface area contributed by atoms with Crippen LogP contribution in [0.2, 0.25) is 0 Å². The van der Waals surface area contributed by atoms with Crippen LogP contribution in [0.25, 0.3) is 0 Å². The van der Waals surface area contributed by atoms with Gasteiger partial charge in [0, 0.05) is 26.7 Å². The van der Waals surface area contributed by atoms with Gasteiger partial charge in [-0.15, -0.1) is 0 Å². The summed E-state index contributed by atoms with van der Waals surface area (Å²) in [5.74, 6) is 2.31. The van der Waals surface area contributed by atoms with Crippen molar-refractivity contribution < 1.29 is 14.2 Å². The topological polar surface area (TPSA) is 73.7 Å². The molecule has 2 heterocycles. The number of benzene rings is 1.